The van der Waals surface area contributed by atoms with Gasteiger partial charge in [-0.05, 0) is 40.2 Å². The van der Waals surface area contributed by atoms with Crippen molar-refractivity contribution < 1.29 is 4.74 Å². The fourth-order valence-corrected chi connectivity index (χ4v) is 2.27. The van der Waals surface area contributed by atoms with E-state index in [2.05, 4.69) is 45.0 Å². The highest BCUT2D eigenvalue weighted by molar-refractivity contribution is 4.87. The van der Waals surface area contributed by atoms with Gasteiger partial charge in [0.1, 0.15) is 0 Å². The van der Waals surface area contributed by atoms with Crippen LogP contribution < -0.4 is 5.32 Å². The first-order chi connectivity index (χ1) is 7.35. The van der Waals surface area contributed by atoms with E-state index in [1.165, 1.54) is 13.0 Å². The number of methoxy groups -OCH3 is 1. The van der Waals surface area contributed by atoms with Crippen molar-refractivity contribution in [3.63, 3.8) is 0 Å². The van der Waals surface area contributed by atoms with Crippen molar-refractivity contribution in [1.29, 1.82) is 0 Å². The Bertz CT molecular complexity index is 218. The van der Waals surface area contributed by atoms with E-state index in [0.29, 0.717) is 18.0 Å². The van der Waals surface area contributed by atoms with Crippen LogP contribution in [0, 0.1) is 5.92 Å². The van der Waals surface area contributed by atoms with Gasteiger partial charge in [-0.3, -0.25) is 0 Å². The number of likely N-dealkylation sites (tertiary alicyclic amines) is 1. The maximum absolute atomic E-state index is 5.44. The van der Waals surface area contributed by atoms with Crippen molar-refractivity contribution in [1.82, 2.24) is 10.2 Å². The SMILES string of the molecule is COC(C)(C)CNC1CC(C)N(C)CC1C. The third kappa shape index (κ3) is 3.72. The minimum Gasteiger partial charge on any atom is -0.377 e. The quantitative estimate of drug-likeness (QED) is 0.793. The first kappa shape index (κ1) is 13.9. The summed E-state index contributed by atoms with van der Waals surface area (Å²) < 4.78 is 5.44. The maximum Gasteiger partial charge on any atom is 0.0746 e. The van der Waals surface area contributed by atoms with E-state index < -0.39 is 0 Å². The molecule has 0 spiro atoms. The van der Waals surface area contributed by atoms with E-state index in [4.69, 9.17) is 4.74 Å². The van der Waals surface area contributed by atoms with Crippen LogP contribution in [-0.4, -0.2) is 49.8 Å². The van der Waals surface area contributed by atoms with Crippen molar-refractivity contribution in [2.75, 3.05) is 27.2 Å². The van der Waals surface area contributed by atoms with Crippen molar-refractivity contribution in [2.45, 2.75) is 51.8 Å². The third-order valence-corrected chi connectivity index (χ3v) is 3.95. The van der Waals surface area contributed by atoms with Crippen LogP contribution in [0.3, 0.4) is 0 Å². The molecule has 0 bridgehead atoms. The standard InChI is InChI=1S/C13H28N2O/c1-10-8-15(5)11(2)7-12(10)14-9-13(3,4)16-6/h10-12,14H,7-9H2,1-6H3. The van der Waals surface area contributed by atoms with E-state index in [-0.39, 0.29) is 5.60 Å². The second-order valence-electron chi connectivity index (χ2n) is 5.95. The Balaban J connectivity index is 2.42. The van der Waals surface area contributed by atoms with Gasteiger partial charge >= 0.3 is 0 Å². The highest BCUT2D eigenvalue weighted by Gasteiger charge is 2.29. The summed E-state index contributed by atoms with van der Waals surface area (Å²) in [6.07, 6.45) is 1.23. The maximum atomic E-state index is 5.44. The van der Waals surface area contributed by atoms with Crippen LogP contribution in [0.25, 0.3) is 0 Å². The van der Waals surface area contributed by atoms with Gasteiger partial charge in [-0.2, -0.15) is 0 Å². The minimum atomic E-state index is -0.0632. The van der Waals surface area contributed by atoms with Gasteiger partial charge in [0.15, 0.2) is 0 Å². The molecule has 0 saturated carbocycles. The number of ether oxygens (including phenoxy) is 1. The predicted octanol–water partition coefficient (Wildman–Crippen LogP) is 1.73. The summed E-state index contributed by atoms with van der Waals surface area (Å²) in [5, 5.41) is 3.66. The smallest absolute Gasteiger partial charge is 0.0746 e. The molecule has 96 valence electrons. The van der Waals surface area contributed by atoms with E-state index in [1.54, 1.807) is 7.11 Å². The predicted molar refractivity (Wildman–Crippen MR) is 68.8 cm³/mol. The molecular weight excluding hydrogens is 200 g/mol. The molecule has 16 heavy (non-hydrogen) atoms. The minimum absolute atomic E-state index is 0.0632. The molecule has 1 rings (SSSR count). The zero-order valence-corrected chi connectivity index (χ0v) is 11.7. The Hall–Kier alpha value is -0.120. The lowest BCUT2D eigenvalue weighted by atomic mass is 9.89. The van der Waals surface area contributed by atoms with Crippen molar-refractivity contribution in [2.24, 2.45) is 5.92 Å². The highest BCUT2D eigenvalue weighted by Crippen LogP contribution is 2.21. The number of nitrogens with one attached hydrogen (secondary N) is 1. The molecule has 0 aromatic rings. The molecule has 1 aliphatic heterocycles. The molecule has 1 heterocycles. The fourth-order valence-electron chi connectivity index (χ4n) is 2.27. The lowest BCUT2D eigenvalue weighted by Gasteiger charge is -2.41. The second-order valence-corrected chi connectivity index (χ2v) is 5.95. The van der Waals surface area contributed by atoms with Crippen molar-refractivity contribution in [3.8, 4) is 0 Å². The van der Waals surface area contributed by atoms with Crippen LogP contribution in [0.1, 0.15) is 34.1 Å². The lowest BCUT2D eigenvalue weighted by molar-refractivity contribution is 0.0145. The Morgan fingerprint density at radius 1 is 1.38 bits per heavy atom. The summed E-state index contributed by atoms with van der Waals surface area (Å²) in [6, 6.07) is 1.31. The molecule has 1 fully saturated rings. The number of rotatable bonds is 4. The lowest BCUT2D eigenvalue weighted by Crippen LogP contribution is -2.53. The van der Waals surface area contributed by atoms with Crippen molar-refractivity contribution >= 4 is 0 Å². The Kier molecular flexibility index (Phi) is 4.77. The van der Waals surface area contributed by atoms with Crippen LogP contribution in [-0.2, 0) is 4.74 Å². The van der Waals surface area contributed by atoms with Gasteiger partial charge in [0.25, 0.3) is 0 Å². The van der Waals surface area contributed by atoms with Gasteiger partial charge in [0.2, 0.25) is 0 Å². The van der Waals surface area contributed by atoms with Gasteiger partial charge < -0.3 is 15.0 Å². The molecule has 0 aromatic heterocycles. The van der Waals surface area contributed by atoms with Gasteiger partial charge in [0, 0.05) is 32.3 Å². The number of hydrogen-bond donors (Lipinski definition) is 1. The first-order valence-electron chi connectivity index (χ1n) is 6.34. The van der Waals surface area contributed by atoms with Crippen LogP contribution in [0.2, 0.25) is 0 Å². The molecular formula is C13H28N2O. The highest BCUT2D eigenvalue weighted by atomic mass is 16.5. The molecule has 0 radical (unpaired) electrons. The molecule has 1 saturated heterocycles. The molecule has 3 heteroatoms. The summed E-state index contributed by atoms with van der Waals surface area (Å²) in [6.45, 7) is 11.0. The number of piperidine rings is 1. The Morgan fingerprint density at radius 3 is 2.56 bits per heavy atom. The molecule has 3 atom stereocenters. The topological polar surface area (TPSA) is 24.5 Å². The van der Waals surface area contributed by atoms with Gasteiger partial charge in [0.05, 0.1) is 5.60 Å². The molecule has 1 aliphatic rings. The molecule has 0 aromatic carbocycles. The van der Waals surface area contributed by atoms with E-state index in [0.717, 1.165) is 6.54 Å². The average molecular weight is 228 g/mol. The largest absolute Gasteiger partial charge is 0.377 e. The zero-order chi connectivity index (χ0) is 12.3. The third-order valence-electron chi connectivity index (χ3n) is 3.95. The summed E-state index contributed by atoms with van der Waals surface area (Å²) in [4.78, 5) is 2.45. The molecule has 3 nitrogen and oxygen atoms in total. The monoisotopic (exact) mass is 228 g/mol. The van der Waals surface area contributed by atoms with Crippen LogP contribution >= 0.6 is 0 Å². The molecule has 1 N–H and O–H groups in total. The summed E-state index contributed by atoms with van der Waals surface area (Å²) in [5.74, 6) is 0.717. The van der Waals surface area contributed by atoms with Gasteiger partial charge in [-0.15, -0.1) is 0 Å². The molecule has 3 unspecified atom stereocenters. The number of hydrogen-bond acceptors (Lipinski definition) is 3. The van der Waals surface area contributed by atoms with Crippen LogP contribution in [0.4, 0.5) is 0 Å². The zero-order valence-electron chi connectivity index (χ0n) is 11.7. The normalized spacial score (nSPS) is 33.0. The Labute approximate surface area is 101 Å². The number of nitrogens with zero attached hydrogens (tertiary/aromatic N) is 1. The van der Waals surface area contributed by atoms with Gasteiger partial charge in [-0.25, -0.2) is 0 Å². The summed E-state index contributed by atoms with van der Waals surface area (Å²) >= 11 is 0. The first-order valence-corrected chi connectivity index (χ1v) is 6.34. The molecule has 0 aliphatic carbocycles. The summed E-state index contributed by atoms with van der Waals surface area (Å²) in [7, 11) is 4.00. The van der Waals surface area contributed by atoms with Crippen molar-refractivity contribution in [3.05, 3.63) is 0 Å². The average Bonchev–Trinajstić information content (AvgIpc) is 2.22. The van der Waals surface area contributed by atoms with Crippen LogP contribution in [0.15, 0.2) is 0 Å². The Morgan fingerprint density at radius 2 is 2.00 bits per heavy atom. The fraction of sp³-hybridized carbons (Fsp3) is 1.00. The van der Waals surface area contributed by atoms with E-state index >= 15 is 0 Å². The van der Waals surface area contributed by atoms with Gasteiger partial charge in [-0.1, -0.05) is 6.92 Å². The van der Waals surface area contributed by atoms with E-state index in [1.807, 2.05) is 0 Å². The second kappa shape index (κ2) is 5.48. The summed E-state index contributed by atoms with van der Waals surface area (Å²) in [5.41, 5.74) is -0.0632. The molecule has 0 amide bonds. The van der Waals surface area contributed by atoms with Crippen LogP contribution in [0.5, 0.6) is 0 Å². The van der Waals surface area contributed by atoms with E-state index in [9.17, 15) is 0 Å².